The average Bonchev–Trinajstić information content (AvgIpc) is 2.78. The maximum absolute atomic E-state index is 6.20. The van der Waals surface area contributed by atoms with Crippen LogP contribution in [-0.4, -0.2) is 43.3 Å². The van der Waals surface area contributed by atoms with Gasteiger partial charge in [0.1, 0.15) is 0 Å². The molecule has 2 rings (SSSR count). The lowest BCUT2D eigenvalue weighted by Crippen LogP contribution is -2.63. The number of hydrogen-bond acceptors (Lipinski definition) is 3. The van der Waals surface area contributed by atoms with Crippen molar-refractivity contribution in [2.24, 2.45) is 11.1 Å². The molecule has 3 heteroatoms. The Morgan fingerprint density at radius 3 is 2.53 bits per heavy atom. The molecule has 0 aromatic heterocycles. The van der Waals surface area contributed by atoms with Crippen LogP contribution in [0.5, 0.6) is 0 Å². The summed E-state index contributed by atoms with van der Waals surface area (Å²) in [6.07, 6.45) is 6.82. The molecule has 1 aliphatic carbocycles. The van der Waals surface area contributed by atoms with E-state index in [2.05, 4.69) is 18.7 Å². The van der Waals surface area contributed by atoms with Gasteiger partial charge in [0.15, 0.2) is 0 Å². The Balaban J connectivity index is 2.18. The van der Waals surface area contributed by atoms with Gasteiger partial charge in [-0.1, -0.05) is 26.7 Å². The highest BCUT2D eigenvalue weighted by atomic mass is 16.5. The maximum atomic E-state index is 6.20. The molecule has 0 spiro atoms. The van der Waals surface area contributed by atoms with Crippen LogP contribution in [0.2, 0.25) is 0 Å². The predicted octanol–water partition coefficient (Wildman–Crippen LogP) is 2.00. The summed E-state index contributed by atoms with van der Waals surface area (Å²) in [7, 11) is 1.83. The monoisotopic (exact) mass is 240 g/mol. The van der Waals surface area contributed by atoms with Crippen molar-refractivity contribution in [2.45, 2.75) is 57.6 Å². The van der Waals surface area contributed by atoms with E-state index in [1.165, 1.54) is 25.7 Å². The van der Waals surface area contributed by atoms with E-state index in [0.717, 1.165) is 26.1 Å². The van der Waals surface area contributed by atoms with Crippen molar-refractivity contribution in [3.8, 4) is 0 Å². The molecule has 1 saturated carbocycles. The SMILES string of the molecule is COC1CCN(C2(CN)CCCCC2(C)C)C1. The molecule has 0 amide bonds. The van der Waals surface area contributed by atoms with Gasteiger partial charge in [-0.15, -0.1) is 0 Å². The summed E-state index contributed by atoms with van der Waals surface area (Å²) in [6, 6.07) is 0. The van der Waals surface area contributed by atoms with Gasteiger partial charge in [-0.2, -0.15) is 0 Å². The molecule has 2 N–H and O–H groups in total. The van der Waals surface area contributed by atoms with Crippen LogP contribution >= 0.6 is 0 Å². The summed E-state index contributed by atoms with van der Waals surface area (Å²) >= 11 is 0. The third kappa shape index (κ3) is 2.13. The highest BCUT2D eigenvalue weighted by Gasteiger charge is 2.51. The Hall–Kier alpha value is -0.120. The topological polar surface area (TPSA) is 38.5 Å². The second kappa shape index (κ2) is 4.87. The number of ether oxygens (including phenoxy) is 1. The summed E-state index contributed by atoms with van der Waals surface area (Å²) in [5, 5.41) is 0. The van der Waals surface area contributed by atoms with Crippen LogP contribution in [-0.2, 0) is 4.74 Å². The second-order valence-electron chi connectivity index (χ2n) is 6.42. The molecular weight excluding hydrogens is 212 g/mol. The van der Waals surface area contributed by atoms with E-state index < -0.39 is 0 Å². The lowest BCUT2D eigenvalue weighted by molar-refractivity contribution is -0.0382. The van der Waals surface area contributed by atoms with Crippen LogP contribution in [0.25, 0.3) is 0 Å². The lowest BCUT2D eigenvalue weighted by Gasteiger charge is -2.55. The van der Waals surface area contributed by atoms with Gasteiger partial charge in [-0.25, -0.2) is 0 Å². The van der Waals surface area contributed by atoms with Gasteiger partial charge in [0, 0.05) is 32.3 Å². The number of hydrogen-bond donors (Lipinski definition) is 1. The summed E-state index contributed by atoms with van der Waals surface area (Å²) in [6.45, 7) is 7.81. The van der Waals surface area contributed by atoms with E-state index >= 15 is 0 Å². The van der Waals surface area contributed by atoms with E-state index in [9.17, 15) is 0 Å². The van der Waals surface area contributed by atoms with Crippen molar-refractivity contribution in [1.29, 1.82) is 0 Å². The predicted molar refractivity (Wildman–Crippen MR) is 71.0 cm³/mol. The van der Waals surface area contributed by atoms with E-state index in [1.807, 2.05) is 7.11 Å². The van der Waals surface area contributed by atoms with Crippen molar-refractivity contribution >= 4 is 0 Å². The van der Waals surface area contributed by atoms with E-state index in [1.54, 1.807) is 0 Å². The van der Waals surface area contributed by atoms with E-state index in [-0.39, 0.29) is 5.54 Å². The zero-order chi connectivity index (χ0) is 12.5. The molecule has 1 heterocycles. The molecule has 2 atom stereocenters. The van der Waals surface area contributed by atoms with Gasteiger partial charge in [0.2, 0.25) is 0 Å². The van der Waals surface area contributed by atoms with Crippen LogP contribution in [0, 0.1) is 5.41 Å². The average molecular weight is 240 g/mol. The Morgan fingerprint density at radius 1 is 1.29 bits per heavy atom. The van der Waals surface area contributed by atoms with E-state index in [0.29, 0.717) is 11.5 Å². The Kier molecular flexibility index (Phi) is 3.81. The van der Waals surface area contributed by atoms with Crippen molar-refractivity contribution < 1.29 is 4.74 Å². The van der Waals surface area contributed by atoms with Crippen LogP contribution in [0.3, 0.4) is 0 Å². The minimum Gasteiger partial charge on any atom is -0.380 e. The molecule has 0 radical (unpaired) electrons. The van der Waals surface area contributed by atoms with Crippen LogP contribution < -0.4 is 5.73 Å². The number of nitrogens with zero attached hydrogens (tertiary/aromatic N) is 1. The maximum Gasteiger partial charge on any atom is 0.0710 e. The minimum absolute atomic E-state index is 0.207. The number of nitrogens with two attached hydrogens (primary N) is 1. The first-order valence-corrected chi connectivity index (χ1v) is 7.04. The normalized spacial score (nSPS) is 38.5. The largest absolute Gasteiger partial charge is 0.380 e. The minimum atomic E-state index is 0.207. The zero-order valence-corrected chi connectivity index (χ0v) is 11.7. The molecule has 2 unspecified atom stereocenters. The van der Waals surface area contributed by atoms with Crippen LogP contribution in [0.4, 0.5) is 0 Å². The summed E-state index contributed by atoms with van der Waals surface area (Å²) in [5.74, 6) is 0. The van der Waals surface area contributed by atoms with Crippen molar-refractivity contribution in [2.75, 3.05) is 26.7 Å². The van der Waals surface area contributed by atoms with Gasteiger partial charge in [-0.05, 0) is 24.7 Å². The first-order chi connectivity index (χ1) is 8.05. The highest BCUT2D eigenvalue weighted by molar-refractivity contribution is 5.06. The first-order valence-electron chi connectivity index (χ1n) is 7.04. The molecule has 1 saturated heterocycles. The van der Waals surface area contributed by atoms with Crippen molar-refractivity contribution in [3.63, 3.8) is 0 Å². The molecular formula is C14H28N2O. The number of likely N-dealkylation sites (tertiary alicyclic amines) is 1. The van der Waals surface area contributed by atoms with E-state index in [4.69, 9.17) is 10.5 Å². The third-order valence-corrected chi connectivity index (χ3v) is 5.32. The lowest BCUT2D eigenvalue weighted by atomic mass is 9.62. The number of methoxy groups -OCH3 is 1. The molecule has 1 aliphatic heterocycles. The second-order valence-corrected chi connectivity index (χ2v) is 6.42. The summed E-state index contributed by atoms with van der Waals surface area (Å²) in [4.78, 5) is 2.63. The Morgan fingerprint density at radius 2 is 2.00 bits per heavy atom. The number of rotatable bonds is 3. The standard InChI is InChI=1S/C14H28N2O/c1-13(2)7-4-5-8-14(13,11-15)16-9-6-12(10-16)17-3/h12H,4-11,15H2,1-3H3. The van der Waals surface area contributed by atoms with Gasteiger partial charge in [0.25, 0.3) is 0 Å². The molecule has 2 aliphatic rings. The van der Waals surface area contributed by atoms with Gasteiger partial charge in [0.05, 0.1) is 6.10 Å². The van der Waals surface area contributed by atoms with Crippen LogP contribution in [0.15, 0.2) is 0 Å². The van der Waals surface area contributed by atoms with Crippen molar-refractivity contribution in [1.82, 2.24) is 4.90 Å². The van der Waals surface area contributed by atoms with Crippen LogP contribution in [0.1, 0.15) is 46.0 Å². The smallest absolute Gasteiger partial charge is 0.0710 e. The van der Waals surface area contributed by atoms with Crippen molar-refractivity contribution in [3.05, 3.63) is 0 Å². The Bertz CT molecular complexity index is 267. The Labute approximate surface area is 106 Å². The highest BCUT2D eigenvalue weighted by Crippen LogP contribution is 2.48. The molecule has 3 nitrogen and oxygen atoms in total. The fourth-order valence-electron chi connectivity index (χ4n) is 3.96. The first kappa shape index (κ1) is 13.3. The summed E-state index contributed by atoms with van der Waals surface area (Å²) in [5.41, 5.74) is 6.74. The zero-order valence-electron chi connectivity index (χ0n) is 11.7. The van der Waals surface area contributed by atoms with Gasteiger partial charge < -0.3 is 10.5 Å². The van der Waals surface area contributed by atoms with Gasteiger partial charge >= 0.3 is 0 Å². The molecule has 0 aromatic rings. The molecule has 0 aromatic carbocycles. The molecule has 2 fully saturated rings. The fraction of sp³-hybridized carbons (Fsp3) is 1.00. The fourth-order valence-corrected chi connectivity index (χ4v) is 3.96. The molecule has 17 heavy (non-hydrogen) atoms. The molecule has 100 valence electrons. The summed E-state index contributed by atoms with van der Waals surface area (Å²) < 4.78 is 5.51. The quantitative estimate of drug-likeness (QED) is 0.820. The van der Waals surface area contributed by atoms with Gasteiger partial charge in [-0.3, -0.25) is 4.90 Å². The third-order valence-electron chi connectivity index (χ3n) is 5.32. The molecule has 0 bridgehead atoms.